The highest BCUT2D eigenvalue weighted by Crippen LogP contribution is 2.30. The minimum absolute atomic E-state index is 0.391. The Morgan fingerprint density at radius 3 is 2.21 bits per heavy atom. The number of carbonyl (C=O) groups is 1. The molecule has 1 aliphatic rings. The van der Waals surface area contributed by atoms with Crippen LogP contribution in [0.3, 0.4) is 0 Å². The number of nitrogens with zero attached hydrogens (tertiary/aromatic N) is 1. The van der Waals surface area contributed by atoms with Crippen LogP contribution in [0.2, 0.25) is 0 Å². The van der Waals surface area contributed by atoms with Crippen molar-refractivity contribution in [2.45, 2.75) is 53.4 Å². The summed E-state index contributed by atoms with van der Waals surface area (Å²) in [5, 5.41) is 0. The molecule has 2 heteroatoms. The molecule has 14 heavy (non-hydrogen) atoms. The third-order valence-corrected chi connectivity index (χ3v) is 2.40. The molecule has 0 bridgehead atoms. The van der Waals surface area contributed by atoms with Crippen LogP contribution in [0, 0.1) is 5.92 Å². The Bertz CT molecular complexity index is 152. The Morgan fingerprint density at radius 1 is 1.29 bits per heavy atom. The minimum atomic E-state index is 0.391. The molecule has 0 atom stereocenters. The summed E-state index contributed by atoms with van der Waals surface area (Å²) in [4.78, 5) is 13.6. The first-order chi connectivity index (χ1) is 6.79. The van der Waals surface area contributed by atoms with Crippen molar-refractivity contribution in [3.63, 3.8) is 0 Å². The zero-order valence-corrected chi connectivity index (χ0v) is 10.2. The molecular weight excluding hydrogens is 174 g/mol. The number of amides is 1. The molecule has 0 unspecified atom stereocenters. The van der Waals surface area contributed by atoms with Gasteiger partial charge in [0.2, 0.25) is 5.91 Å². The molecule has 1 rings (SSSR count). The van der Waals surface area contributed by atoms with Gasteiger partial charge in [0, 0.05) is 19.0 Å². The van der Waals surface area contributed by atoms with E-state index in [1.807, 2.05) is 18.7 Å². The number of rotatable bonds is 5. The fourth-order valence-electron chi connectivity index (χ4n) is 1.36. The minimum Gasteiger partial charge on any atom is -0.343 e. The number of hydrogen-bond acceptors (Lipinski definition) is 1. The predicted molar refractivity (Wildman–Crippen MR) is 61.2 cm³/mol. The monoisotopic (exact) mass is 199 g/mol. The van der Waals surface area contributed by atoms with Gasteiger partial charge in [-0.15, -0.1) is 0 Å². The first kappa shape index (κ1) is 13.5. The zero-order valence-electron chi connectivity index (χ0n) is 10.2. The van der Waals surface area contributed by atoms with Crippen LogP contribution in [0.5, 0.6) is 0 Å². The molecule has 0 N–H and O–H groups in total. The van der Waals surface area contributed by atoms with Gasteiger partial charge in [0.05, 0.1) is 0 Å². The van der Waals surface area contributed by atoms with Gasteiger partial charge in [0.25, 0.3) is 0 Å². The Hall–Kier alpha value is -0.530. The summed E-state index contributed by atoms with van der Waals surface area (Å²) in [6, 6.07) is 0. The van der Waals surface area contributed by atoms with E-state index < -0.39 is 0 Å². The molecule has 1 fully saturated rings. The average Bonchev–Trinajstić information content (AvgIpc) is 3.05. The van der Waals surface area contributed by atoms with Gasteiger partial charge in [-0.3, -0.25) is 4.79 Å². The lowest BCUT2D eigenvalue weighted by molar-refractivity contribution is -0.132. The molecule has 2 nitrogen and oxygen atoms in total. The van der Waals surface area contributed by atoms with E-state index in [1.54, 1.807) is 0 Å². The molecule has 84 valence electrons. The fourth-order valence-corrected chi connectivity index (χ4v) is 1.36. The van der Waals surface area contributed by atoms with E-state index in [1.165, 1.54) is 6.42 Å². The molecule has 1 aliphatic carbocycles. The van der Waals surface area contributed by atoms with Crippen LogP contribution >= 0.6 is 0 Å². The van der Waals surface area contributed by atoms with Crippen LogP contribution in [0.1, 0.15) is 53.4 Å². The third kappa shape index (κ3) is 4.64. The number of hydrogen-bond donors (Lipinski definition) is 0. The smallest absolute Gasteiger partial charge is 0.225 e. The van der Waals surface area contributed by atoms with Gasteiger partial charge in [-0.25, -0.2) is 0 Å². The van der Waals surface area contributed by atoms with Crippen molar-refractivity contribution in [2.24, 2.45) is 5.92 Å². The van der Waals surface area contributed by atoms with E-state index in [-0.39, 0.29) is 0 Å². The summed E-state index contributed by atoms with van der Waals surface area (Å²) in [6.07, 6.45) is 4.57. The zero-order chi connectivity index (χ0) is 11.0. The molecule has 1 amide bonds. The Balaban J connectivity index is 0.000000791. The Kier molecular flexibility index (Phi) is 7.54. The van der Waals surface area contributed by atoms with Crippen LogP contribution in [-0.2, 0) is 4.79 Å². The molecule has 0 aromatic heterocycles. The van der Waals surface area contributed by atoms with Gasteiger partial charge in [-0.05, 0) is 26.2 Å². The molecule has 0 spiro atoms. The lowest BCUT2D eigenvalue weighted by Crippen LogP contribution is -2.32. The largest absolute Gasteiger partial charge is 0.343 e. The Labute approximate surface area is 88.7 Å². The molecule has 0 aromatic rings. The van der Waals surface area contributed by atoms with Crippen molar-refractivity contribution >= 4 is 5.91 Å². The lowest BCUT2D eigenvalue weighted by atomic mass is 10.3. The second kappa shape index (κ2) is 7.84. The summed E-state index contributed by atoms with van der Waals surface area (Å²) in [5.74, 6) is 0.785. The quantitative estimate of drug-likeness (QED) is 0.666. The average molecular weight is 199 g/mol. The second-order valence-electron chi connectivity index (χ2n) is 3.55. The van der Waals surface area contributed by atoms with Crippen molar-refractivity contribution in [2.75, 3.05) is 13.1 Å². The highest BCUT2D eigenvalue weighted by Gasteiger charge is 2.32. The molecule has 0 saturated heterocycles. The van der Waals surface area contributed by atoms with E-state index in [2.05, 4.69) is 13.8 Å². The molecule has 0 aliphatic heterocycles. The fraction of sp³-hybridized carbons (Fsp3) is 0.917. The van der Waals surface area contributed by atoms with Crippen LogP contribution < -0.4 is 0 Å². The van der Waals surface area contributed by atoms with E-state index in [0.717, 1.165) is 32.4 Å². The standard InChI is InChI=1S/C10H19NO.C2H6/c1-3-5-8-11(4-2)10(12)9-6-7-9;1-2/h9H,3-8H2,1-2H3;1-2H3. The van der Waals surface area contributed by atoms with Crippen LogP contribution in [0.4, 0.5) is 0 Å². The summed E-state index contributed by atoms with van der Waals surface area (Å²) < 4.78 is 0. The lowest BCUT2D eigenvalue weighted by Gasteiger charge is -2.20. The summed E-state index contributed by atoms with van der Waals surface area (Å²) >= 11 is 0. The third-order valence-electron chi connectivity index (χ3n) is 2.40. The van der Waals surface area contributed by atoms with Gasteiger partial charge in [0.15, 0.2) is 0 Å². The normalized spacial score (nSPS) is 14.3. The molecule has 0 aromatic carbocycles. The summed E-state index contributed by atoms with van der Waals surface area (Å²) in [6.45, 7) is 10.1. The SMILES string of the molecule is CC.CCCCN(CC)C(=O)C1CC1. The van der Waals surface area contributed by atoms with E-state index in [4.69, 9.17) is 0 Å². The van der Waals surface area contributed by atoms with Crippen LogP contribution in [-0.4, -0.2) is 23.9 Å². The topological polar surface area (TPSA) is 20.3 Å². The van der Waals surface area contributed by atoms with Gasteiger partial charge in [-0.1, -0.05) is 27.2 Å². The highest BCUT2D eigenvalue weighted by atomic mass is 16.2. The van der Waals surface area contributed by atoms with Gasteiger partial charge in [0.1, 0.15) is 0 Å². The Morgan fingerprint density at radius 2 is 1.86 bits per heavy atom. The molecule has 1 saturated carbocycles. The van der Waals surface area contributed by atoms with Crippen molar-refractivity contribution in [3.8, 4) is 0 Å². The van der Waals surface area contributed by atoms with E-state index in [9.17, 15) is 4.79 Å². The highest BCUT2D eigenvalue weighted by molar-refractivity contribution is 5.80. The summed E-state index contributed by atoms with van der Waals surface area (Å²) in [7, 11) is 0. The maximum absolute atomic E-state index is 11.6. The van der Waals surface area contributed by atoms with Gasteiger partial charge < -0.3 is 4.90 Å². The summed E-state index contributed by atoms with van der Waals surface area (Å²) in [5.41, 5.74) is 0. The van der Waals surface area contributed by atoms with Gasteiger partial charge >= 0.3 is 0 Å². The predicted octanol–water partition coefficient (Wildman–Crippen LogP) is 3.07. The van der Waals surface area contributed by atoms with Crippen molar-refractivity contribution in [1.29, 1.82) is 0 Å². The van der Waals surface area contributed by atoms with E-state index >= 15 is 0 Å². The van der Waals surface area contributed by atoms with Crippen molar-refractivity contribution in [1.82, 2.24) is 4.90 Å². The first-order valence-electron chi connectivity index (χ1n) is 6.08. The maximum atomic E-state index is 11.6. The maximum Gasteiger partial charge on any atom is 0.225 e. The number of carbonyl (C=O) groups excluding carboxylic acids is 1. The van der Waals surface area contributed by atoms with Gasteiger partial charge in [-0.2, -0.15) is 0 Å². The second-order valence-corrected chi connectivity index (χ2v) is 3.55. The first-order valence-corrected chi connectivity index (χ1v) is 6.08. The molecule has 0 radical (unpaired) electrons. The van der Waals surface area contributed by atoms with E-state index in [0.29, 0.717) is 11.8 Å². The van der Waals surface area contributed by atoms with Crippen molar-refractivity contribution < 1.29 is 4.79 Å². The molecule has 0 heterocycles. The van der Waals surface area contributed by atoms with Crippen LogP contribution in [0.25, 0.3) is 0 Å². The van der Waals surface area contributed by atoms with Crippen LogP contribution in [0.15, 0.2) is 0 Å². The van der Waals surface area contributed by atoms with Crippen molar-refractivity contribution in [3.05, 3.63) is 0 Å². The number of unbranched alkanes of at least 4 members (excludes halogenated alkanes) is 1. The molecular formula is C12H25NO.